The SMILES string of the molecule is CC(C)Oc1ccncc1C(O)[C@H]1CCCCN1.Cl. The van der Waals surface area contributed by atoms with E-state index in [0.29, 0.717) is 0 Å². The Morgan fingerprint density at radius 2 is 2.21 bits per heavy atom. The van der Waals surface area contributed by atoms with E-state index in [1.165, 1.54) is 6.42 Å². The average molecular weight is 287 g/mol. The van der Waals surface area contributed by atoms with Gasteiger partial charge in [0.05, 0.1) is 12.2 Å². The maximum absolute atomic E-state index is 10.5. The van der Waals surface area contributed by atoms with E-state index in [-0.39, 0.29) is 24.6 Å². The lowest BCUT2D eigenvalue weighted by Crippen LogP contribution is -2.39. The first-order chi connectivity index (χ1) is 8.68. The highest BCUT2D eigenvalue weighted by molar-refractivity contribution is 5.85. The summed E-state index contributed by atoms with van der Waals surface area (Å²) in [5.41, 5.74) is 0.783. The number of aliphatic hydroxyl groups excluding tert-OH is 1. The first kappa shape index (κ1) is 16.2. The van der Waals surface area contributed by atoms with E-state index < -0.39 is 6.10 Å². The Kier molecular flexibility index (Phi) is 6.55. The second-order valence-corrected chi connectivity index (χ2v) is 5.08. The van der Waals surface area contributed by atoms with Crippen molar-refractivity contribution in [3.05, 3.63) is 24.0 Å². The van der Waals surface area contributed by atoms with E-state index in [1.807, 2.05) is 19.9 Å². The normalized spacial score (nSPS) is 20.7. The third-order valence-corrected chi connectivity index (χ3v) is 3.22. The zero-order valence-corrected chi connectivity index (χ0v) is 12.3. The third kappa shape index (κ3) is 4.34. The molecule has 2 rings (SSSR count). The van der Waals surface area contributed by atoms with Crippen molar-refractivity contribution in [1.29, 1.82) is 0 Å². The number of ether oxygens (including phenoxy) is 1. The van der Waals surface area contributed by atoms with Gasteiger partial charge in [0, 0.05) is 24.0 Å². The summed E-state index contributed by atoms with van der Waals surface area (Å²) in [4.78, 5) is 4.10. The van der Waals surface area contributed by atoms with Crippen LogP contribution in [0.4, 0.5) is 0 Å². The number of aromatic nitrogens is 1. The monoisotopic (exact) mass is 286 g/mol. The number of nitrogens with zero attached hydrogens (tertiary/aromatic N) is 1. The van der Waals surface area contributed by atoms with Crippen LogP contribution in [0.3, 0.4) is 0 Å². The predicted molar refractivity (Wildman–Crippen MR) is 77.9 cm³/mol. The molecule has 1 aliphatic heterocycles. The van der Waals surface area contributed by atoms with E-state index in [0.717, 1.165) is 30.7 Å². The van der Waals surface area contributed by atoms with Gasteiger partial charge in [0.2, 0.25) is 0 Å². The molecule has 0 aromatic carbocycles. The van der Waals surface area contributed by atoms with E-state index in [9.17, 15) is 5.11 Å². The molecular weight excluding hydrogens is 264 g/mol. The minimum absolute atomic E-state index is 0. The maximum atomic E-state index is 10.5. The molecule has 0 saturated carbocycles. The number of hydrogen-bond donors (Lipinski definition) is 2. The molecular formula is C14H23ClN2O2. The standard InChI is InChI=1S/C14H22N2O2.ClH/c1-10(2)18-13-6-8-15-9-11(13)14(17)12-5-3-4-7-16-12;/h6,8-10,12,14,16-17H,3-5,7H2,1-2H3;1H/t12-,14?;/m1./s1. The Morgan fingerprint density at radius 1 is 1.42 bits per heavy atom. The number of piperidine rings is 1. The minimum atomic E-state index is -0.548. The van der Waals surface area contributed by atoms with Crippen LogP contribution in [0.2, 0.25) is 0 Å². The zero-order chi connectivity index (χ0) is 13.0. The Balaban J connectivity index is 0.00000180. The number of rotatable bonds is 4. The van der Waals surface area contributed by atoms with Crippen LogP contribution in [0.25, 0.3) is 0 Å². The van der Waals surface area contributed by atoms with Gasteiger partial charge >= 0.3 is 0 Å². The van der Waals surface area contributed by atoms with Gasteiger partial charge in [0.1, 0.15) is 5.75 Å². The Hall–Kier alpha value is -0.840. The Morgan fingerprint density at radius 3 is 2.84 bits per heavy atom. The largest absolute Gasteiger partial charge is 0.491 e. The summed E-state index contributed by atoms with van der Waals surface area (Å²) in [6.07, 6.45) is 6.30. The van der Waals surface area contributed by atoms with Gasteiger partial charge in [0.15, 0.2) is 0 Å². The molecule has 108 valence electrons. The van der Waals surface area contributed by atoms with E-state index in [1.54, 1.807) is 12.4 Å². The second kappa shape index (κ2) is 7.68. The molecule has 0 bridgehead atoms. The minimum Gasteiger partial charge on any atom is -0.491 e. The fourth-order valence-electron chi connectivity index (χ4n) is 2.34. The fourth-order valence-corrected chi connectivity index (χ4v) is 2.34. The molecule has 2 N–H and O–H groups in total. The lowest BCUT2D eigenvalue weighted by Gasteiger charge is -2.29. The summed E-state index contributed by atoms with van der Waals surface area (Å²) >= 11 is 0. The molecule has 1 aromatic rings. The van der Waals surface area contributed by atoms with Crippen LogP contribution in [0.5, 0.6) is 5.75 Å². The van der Waals surface area contributed by atoms with Gasteiger partial charge in [-0.05, 0) is 39.3 Å². The molecule has 5 heteroatoms. The summed E-state index contributed by atoms with van der Waals surface area (Å²) in [5, 5.41) is 13.8. The van der Waals surface area contributed by atoms with Crippen LogP contribution in [0.15, 0.2) is 18.5 Å². The number of pyridine rings is 1. The van der Waals surface area contributed by atoms with Crippen LogP contribution in [0, 0.1) is 0 Å². The molecule has 19 heavy (non-hydrogen) atoms. The van der Waals surface area contributed by atoms with Gasteiger partial charge in [0.25, 0.3) is 0 Å². The molecule has 4 nitrogen and oxygen atoms in total. The first-order valence-corrected chi connectivity index (χ1v) is 6.70. The summed E-state index contributed by atoms with van der Waals surface area (Å²) in [6.45, 7) is 4.94. The lowest BCUT2D eigenvalue weighted by atomic mass is 9.95. The van der Waals surface area contributed by atoms with Crippen LogP contribution in [-0.2, 0) is 0 Å². The molecule has 0 aliphatic carbocycles. The summed E-state index contributed by atoms with van der Waals surface area (Å²) in [7, 11) is 0. The number of nitrogens with one attached hydrogen (secondary N) is 1. The molecule has 1 saturated heterocycles. The van der Waals surface area contributed by atoms with E-state index >= 15 is 0 Å². The van der Waals surface area contributed by atoms with Crippen molar-refractivity contribution >= 4 is 12.4 Å². The number of halogens is 1. The molecule has 0 amide bonds. The molecule has 1 aliphatic rings. The van der Waals surface area contributed by atoms with Gasteiger partial charge in [-0.2, -0.15) is 0 Å². The summed E-state index contributed by atoms with van der Waals surface area (Å²) in [6, 6.07) is 1.93. The van der Waals surface area contributed by atoms with Crippen molar-refractivity contribution in [2.45, 2.75) is 51.4 Å². The molecule has 1 fully saturated rings. The Bertz CT molecular complexity index is 381. The highest BCUT2D eigenvalue weighted by Gasteiger charge is 2.25. The van der Waals surface area contributed by atoms with Crippen molar-refractivity contribution < 1.29 is 9.84 Å². The average Bonchev–Trinajstić information content (AvgIpc) is 2.39. The van der Waals surface area contributed by atoms with E-state index in [4.69, 9.17) is 4.74 Å². The van der Waals surface area contributed by atoms with Crippen LogP contribution < -0.4 is 10.1 Å². The van der Waals surface area contributed by atoms with Crippen molar-refractivity contribution in [3.8, 4) is 5.75 Å². The lowest BCUT2D eigenvalue weighted by molar-refractivity contribution is 0.107. The topological polar surface area (TPSA) is 54.4 Å². The fraction of sp³-hybridized carbons (Fsp3) is 0.643. The van der Waals surface area contributed by atoms with Crippen LogP contribution in [-0.4, -0.2) is 28.8 Å². The molecule has 2 heterocycles. The first-order valence-electron chi connectivity index (χ1n) is 6.70. The smallest absolute Gasteiger partial charge is 0.128 e. The Labute approximate surface area is 121 Å². The predicted octanol–water partition coefficient (Wildman–Crippen LogP) is 2.47. The quantitative estimate of drug-likeness (QED) is 0.893. The van der Waals surface area contributed by atoms with Gasteiger partial charge in [-0.25, -0.2) is 0 Å². The molecule has 1 unspecified atom stereocenters. The molecule has 1 aromatic heterocycles. The number of aliphatic hydroxyl groups is 1. The van der Waals surface area contributed by atoms with Crippen molar-refractivity contribution in [3.63, 3.8) is 0 Å². The van der Waals surface area contributed by atoms with Crippen molar-refractivity contribution in [1.82, 2.24) is 10.3 Å². The third-order valence-electron chi connectivity index (χ3n) is 3.22. The molecule has 2 atom stereocenters. The van der Waals surface area contributed by atoms with Gasteiger partial charge in [-0.1, -0.05) is 6.42 Å². The summed E-state index contributed by atoms with van der Waals surface area (Å²) in [5.74, 6) is 0.736. The maximum Gasteiger partial charge on any atom is 0.128 e. The van der Waals surface area contributed by atoms with Gasteiger partial charge < -0.3 is 15.2 Å². The van der Waals surface area contributed by atoms with Gasteiger partial charge in [-0.15, -0.1) is 12.4 Å². The van der Waals surface area contributed by atoms with Crippen LogP contribution >= 0.6 is 12.4 Å². The highest BCUT2D eigenvalue weighted by atomic mass is 35.5. The molecule has 0 spiro atoms. The van der Waals surface area contributed by atoms with E-state index in [2.05, 4.69) is 10.3 Å². The van der Waals surface area contributed by atoms with Crippen molar-refractivity contribution in [2.75, 3.05) is 6.54 Å². The molecule has 0 radical (unpaired) electrons. The number of hydrogen-bond acceptors (Lipinski definition) is 4. The van der Waals surface area contributed by atoms with Crippen molar-refractivity contribution in [2.24, 2.45) is 0 Å². The highest BCUT2D eigenvalue weighted by Crippen LogP contribution is 2.29. The summed E-state index contributed by atoms with van der Waals surface area (Å²) < 4.78 is 5.73. The zero-order valence-electron chi connectivity index (χ0n) is 11.5. The second-order valence-electron chi connectivity index (χ2n) is 5.08. The van der Waals surface area contributed by atoms with Gasteiger partial charge in [-0.3, -0.25) is 4.98 Å². The van der Waals surface area contributed by atoms with Crippen LogP contribution in [0.1, 0.15) is 44.8 Å².